The standard InChI is InChI=1S/C11H22N2S2/c1-3-8-12-10(14)13-9-11(15-2)6-4-5-7-11/h3-9H2,1-2H3,(H2,12,13,14). The molecule has 1 aliphatic rings. The first-order chi connectivity index (χ1) is 7.22. The Morgan fingerprint density at radius 3 is 2.53 bits per heavy atom. The van der Waals surface area contributed by atoms with Crippen LogP contribution in [0.5, 0.6) is 0 Å². The predicted molar refractivity (Wildman–Crippen MR) is 73.6 cm³/mol. The van der Waals surface area contributed by atoms with Gasteiger partial charge in [0.1, 0.15) is 0 Å². The van der Waals surface area contributed by atoms with Crippen LogP contribution in [0.3, 0.4) is 0 Å². The van der Waals surface area contributed by atoms with E-state index in [0.717, 1.165) is 24.6 Å². The molecular formula is C11H22N2S2. The van der Waals surface area contributed by atoms with Crippen molar-refractivity contribution in [3.05, 3.63) is 0 Å². The third-order valence-electron chi connectivity index (χ3n) is 3.05. The molecule has 2 N–H and O–H groups in total. The molecule has 0 heterocycles. The summed E-state index contributed by atoms with van der Waals surface area (Å²) in [5, 5.41) is 7.38. The Hall–Kier alpha value is 0.0400. The van der Waals surface area contributed by atoms with Crippen LogP contribution in [0.1, 0.15) is 39.0 Å². The Balaban J connectivity index is 2.25. The first-order valence-corrected chi connectivity index (χ1v) is 7.42. The van der Waals surface area contributed by atoms with Gasteiger partial charge in [0.25, 0.3) is 0 Å². The summed E-state index contributed by atoms with van der Waals surface area (Å²) in [5.41, 5.74) is 0. The van der Waals surface area contributed by atoms with Gasteiger partial charge in [-0.3, -0.25) is 0 Å². The van der Waals surface area contributed by atoms with E-state index in [4.69, 9.17) is 12.2 Å². The van der Waals surface area contributed by atoms with Crippen molar-refractivity contribution in [2.75, 3.05) is 19.3 Å². The average molecular weight is 246 g/mol. The van der Waals surface area contributed by atoms with Gasteiger partial charge in [-0.25, -0.2) is 0 Å². The molecule has 1 aliphatic carbocycles. The van der Waals surface area contributed by atoms with Gasteiger partial charge >= 0.3 is 0 Å². The second-order valence-corrected chi connectivity index (χ2v) is 5.89. The summed E-state index contributed by atoms with van der Waals surface area (Å²) in [4.78, 5) is 0. The van der Waals surface area contributed by atoms with Crippen LogP contribution in [-0.4, -0.2) is 29.2 Å². The molecule has 0 amide bonds. The Morgan fingerprint density at radius 2 is 2.00 bits per heavy atom. The highest BCUT2D eigenvalue weighted by atomic mass is 32.2. The van der Waals surface area contributed by atoms with E-state index in [2.05, 4.69) is 23.8 Å². The largest absolute Gasteiger partial charge is 0.363 e. The molecule has 0 aliphatic heterocycles. The summed E-state index contributed by atoms with van der Waals surface area (Å²) < 4.78 is 0.442. The zero-order valence-corrected chi connectivity index (χ0v) is 11.4. The molecule has 15 heavy (non-hydrogen) atoms. The summed E-state index contributed by atoms with van der Waals surface area (Å²) in [6, 6.07) is 0. The van der Waals surface area contributed by atoms with Crippen LogP contribution >= 0.6 is 24.0 Å². The van der Waals surface area contributed by atoms with Gasteiger partial charge < -0.3 is 10.6 Å². The number of thiocarbonyl (C=S) groups is 1. The summed E-state index contributed by atoms with van der Waals surface area (Å²) in [7, 11) is 0. The molecule has 2 nitrogen and oxygen atoms in total. The van der Waals surface area contributed by atoms with Crippen molar-refractivity contribution >= 4 is 29.1 Å². The highest BCUT2D eigenvalue weighted by Crippen LogP contribution is 2.39. The van der Waals surface area contributed by atoms with Gasteiger partial charge in [0.05, 0.1) is 0 Å². The highest BCUT2D eigenvalue weighted by Gasteiger charge is 2.32. The van der Waals surface area contributed by atoms with Crippen molar-refractivity contribution in [1.82, 2.24) is 10.6 Å². The van der Waals surface area contributed by atoms with Crippen molar-refractivity contribution < 1.29 is 0 Å². The molecule has 0 radical (unpaired) electrons. The van der Waals surface area contributed by atoms with Gasteiger partial charge in [-0.05, 0) is 37.7 Å². The molecule has 0 aromatic rings. The smallest absolute Gasteiger partial charge is 0.166 e. The van der Waals surface area contributed by atoms with Crippen LogP contribution in [0.4, 0.5) is 0 Å². The monoisotopic (exact) mass is 246 g/mol. The number of rotatable bonds is 5. The van der Waals surface area contributed by atoms with Crippen LogP contribution in [0.15, 0.2) is 0 Å². The van der Waals surface area contributed by atoms with Crippen molar-refractivity contribution in [2.24, 2.45) is 0 Å². The van der Waals surface area contributed by atoms with Crippen molar-refractivity contribution in [1.29, 1.82) is 0 Å². The summed E-state index contributed by atoms with van der Waals surface area (Å²) in [6.45, 7) is 4.14. The van der Waals surface area contributed by atoms with Gasteiger partial charge in [-0.1, -0.05) is 19.8 Å². The number of hydrogen-bond donors (Lipinski definition) is 2. The van der Waals surface area contributed by atoms with Crippen molar-refractivity contribution in [2.45, 2.75) is 43.8 Å². The second-order valence-electron chi connectivity index (χ2n) is 4.20. The lowest BCUT2D eigenvalue weighted by atomic mass is 10.1. The minimum Gasteiger partial charge on any atom is -0.363 e. The van der Waals surface area contributed by atoms with Crippen LogP contribution in [0.2, 0.25) is 0 Å². The fourth-order valence-corrected chi connectivity index (χ4v) is 3.10. The summed E-state index contributed by atoms with van der Waals surface area (Å²) in [5.74, 6) is 0. The maximum Gasteiger partial charge on any atom is 0.166 e. The lowest BCUT2D eigenvalue weighted by molar-refractivity contribution is 0.587. The third-order valence-corrected chi connectivity index (χ3v) is 4.76. The van der Waals surface area contributed by atoms with E-state index in [1.54, 1.807) is 0 Å². The molecule has 4 heteroatoms. The first kappa shape index (κ1) is 13.1. The van der Waals surface area contributed by atoms with Crippen molar-refractivity contribution in [3.63, 3.8) is 0 Å². The van der Waals surface area contributed by atoms with Crippen LogP contribution in [-0.2, 0) is 0 Å². The van der Waals surface area contributed by atoms with Gasteiger partial charge in [-0.15, -0.1) is 0 Å². The quantitative estimate of drug-likeness (QED) is 0.728. The Labute approximate surface area is 103 Å². The highest BCUT2D eigenvalue weighted by molar-refractivity contribution is 8.00. The molecule has 0 aromatic carbocycles. The molecule has 0 saturated heterocycles. The molecule has 88 valence electrons. The maximum absolute atomic E-state index is 5.22. The van der Waals surface area contributed by atoms with Gasteiger partial charge in [-0.2, -0.15) is 11.8 Å². The molecule has 0 atom stereocenters. The fourth-order valence-electron chi connectivity index (χ4n) is 2.01. The second kappa shape index (κ2) is 6.59. The molecule has 0 unspecified atom stereocenters. The Bertz CT molecular complexity index is 201. The average Bonchev–Trinajstić information content (AvgIpc) is 2.73. The van der Waals surface area contributed by atoms with Crippen LogP contribution in [0, 0.1) is 0 Å². The van der Waals surface area contributed by atoms with Gasteiger partial charge in [0.15, 0.2) is 5.11 Å². The van der Waals surface area contributed by atoms with Gasteiger partial charge in [0, 0.05) is 17.8 Å². The SMILES string of the molecule is CCCNC(=S)NCC1(SC)CCCC1. The van der Waals surface area contributed by atoms with E-state index in [1.807, 2.05) is 11.8 Å². The zero-order valence-electron chi connectivity index (χ0n) is 9.77. The zero-order chi connectivity index (χ0) is 11.1. The third kappa shape index (κ3) is 4.19. The first-order valence-electron chi connectivity index (χ1n) is 5.79. The topological polar surface area (TPSA) is 24.1 Å². The summed E-state index contributed by atoms with van der Waals surface area (Å²) >= 11 is 7.22. The minimum atomic E-state index is 0.442. The Morgan fingerprint density at radius 1 is 1.33 bits per heavy atom. The molecule has 1 rings (SSSR count). The lowest BCUT2D eigenvalue weighted by Crippen LogP contribution is -2.43. The number of hydrogen-bond acceptors (Lipinski definition) is 2. The molecule has 0 bridgehead atoms. The lowest BCUT2D eigenvalue weighted by Gasteiger charge is -2.27. The van der Waals surface area contributed by atoms with E-state index in [-0.39, 0.29) is 0 Å². The molecule has 0 aromatic heterocycles. The molecule has 0 spiro atoms. The van der Waals surface area contributed by atoms with Crippen LogP contribution < -0.4 is 10.6 Å². The fraction of sp³-hybridized carbons (Fsp3) is 0.909. The van der Waals surface area contributed by atoms with E-state index < -0.39 is 0 Å². The van der Waals surface area contributed by atoms with Crippen molar-refractivity contribution in [3.8, 4) is 0 Å². The van der Waals surface area contributed by atoms with Gasteiger partial charge in [0.2, 0.25) is 0 Å². The molecule has 1 fully saturated rings. The minimum absolute atomic E-state index is 0.442. The predicted octanol–water partition coefficient (Wildman–Crippen LogP) is 2.54. The Kier molecular flexibility index (Phi) is 5.75. The summed E-state index contributed by atoms with van der Waals surface area (Å²) in [6.07, 6.45) is 8.75. The van der Waals surface area contributed by atoms with E-state index in [9.17, 15) is 0 Å². The number of thioether (sulfide) groups is 1. The maximum atomic E-state index is 5.22. The molecule has 1 saturated carbocycles. The van der Waals surface area contributed by atoms with E-state index >= 15 is 0 Å². The normalized spacial score (nSPS) is 18.8. The molecular weight excluding hydrogens is 224 g/mol. The number of nitrogens with one attached hydrogen (secondary N) is 2. The van der Waals surface area contributed by atoms with Crippen LogP contribution in [0.25, 0.3) is 0 Å². The van der Waals surface area contributed by atoms with E-state index in [1.165, 1.54) is 25.7 Å². The van der Waals surface area contributed by atoms with E-state index in [0.29, 0.717) is 4.75 Å².